The summed E-state index contributed by atoms with van der Waals surface area (Å²) in [4.78, 5) is 43.2. The number of aliphatic imine (C=N–C) groups is 1. The van der Waals surface area contributed by atoms with E-state index < -0.39 is 23.5 Å². The number of hydrogen-bond donors (Lipinski definition) is 0. The lowest BCUT2D eigenvalue weighted by molar-refractivity contribution is -0.146. The van der Waals surface area contributed by atoms with Crippen molar-refractivity contribution in [2.45, 2.75) is 116 Å². The van der Waals surface area contributed by atoms with Gasteiger partial charge in [0.15, 0.2) is 0 Å². The van der Waals surface area contributed by atoms with E-state index in [9.17, 15) is 35.9 Å². The molecule has 1 saturated carbocycles. The standard InChI is InChI=1S/C37H45F6N5O3/c1-4-30-17-32(18-31(5-2)48(30)34(50)25-9-7-23(8-10-25)15-33(49)51-6-3)47(35-45-20-27(21-46-35)26-11-12-44-19-26)22-24-13-28(36(38,39)40)16-29(14-24)37(41,42)43/h11,13-14,16,19-21,23,25,30-32H,4-10,12,15,17-18,22H2,1-3H3/t23?,25?,30-,31+,32?. The topological polar surface area (TPSA) is 88.0 Å². The summed E-state index contributed by atoms with van der Waals surface area (Å²) >= 11 is 0. The number of carbonyl (C=O) groups excluding carboxylic acids is 2. The Hall–Kier alpha value is -3.97. The van der Waals surface area contributed by atoms with E-state index in [1.54, 1.807) is 30.4 Å². The van der Waals surface area contributed by atoms with Crippen molar-refractivity contribution < 1.29 is 40.7 Å². The molecule has 14 heteroatoms. The Kier molecular flexibility index (Phi) is 12.1. The average Bonchev–Trinajstić information content (AvgIpc) is 3.65. The first-order valence-electron chi connectivity index (χ1n) is 17.8. The molecule has 0 bridgehead atoms. The zero-order chi connectivity index (χ0) is 36.9. The molecule has 0 spiro atoms. The quantitative estimate of drug-likeness (QED) is 0.172. The number of alkyl halides is 6. The highest BCUT2D eigenvalue weighted by molar-refractivity contribution is 6.11. The molecule has 1 unspecified atom stereocenters. The van der Waals surface area contributed by atoms with E-state index in [1.165, 1.54) is 0 Å². The van der Waals surface area contributed by atoms with Crippen LogP contribution in [-0.4, -0.2) is 64.2 Å². The van der Waals surface area contributed by atoms with Gasteiger partial charge in [0.05, 0.1) is 24.3 Å². The number of likely N-dealkylation sites (tertiary alicyclic amines) is 1. The predicted octanol–water partition coefficient (Wildman–Crippen LogP) is 8.30. The summed E-state index contributed by atoms with van der Waals surface area (Å²) in [7, 11) is 0. The highest BCUT2D eigenvalue weighted by atomic mass is 19.4. The van der Waals surface area contributed by atoms with Crippen molar-refractivity contribution in [2.75, 3.05) is 18.1 Å². The van der Waals surface area contributed by atoms with Gasteiger partial charge in [0.2, 0.25) is 11.9 Å². The van der Waals surface area contributed by atoms with E-state index in [1.807, 2.05) is 24.8 Å². The fourth-order valence-electron chi connectivity index (χ4n) is 7.71. The normalized spacial score (nSPS) is 24.0. The molecule has 51 heavy (non-hydrogen) atoms. The van der Waals surface area contributed by atoms with Crippen molar-refractivity contribution in [3.63, 3.8) is 0 Å². The molecule has 1 saturated heterocycles. The van der Waals surface area contributed by atoms with Crippen LogP contribution in [0.1, 0.15) is 101 Å². The van der Waals surface area contributed by atoms with Crippen molar-refractivity contribution >= 4 is 29.6 Å². The van der Waals surface area contributed by atoms with Gasteiger partial charge in [-0.15, -0.1) is 0 Å². The molecule has 1 aliphatic carbocycles. The Labute approximate surface area is 294 Å². The molecule has 2 aromatic rings. The maximum Gasteiger partial charge on any atom is 0.416 e. The zero-order valence-corrected chi connectivity index (χ0v) is 29.1. The molecule has 1 aromatic carbocycles. The summed E-state index contributed by atoms with van der Waals surface area (Å²) in [6.07, 6.45) is 2.05. The van der Waals surface area contributed by atoms with Crippen LogP contribution in [0.4, 0.5) is 32.3 Å². The number of rotatable bonds is 11. The third kappa shape index (κ3) is 9.29. The number of carbonyl (C=O) groups is 2. The van der Waals surface area contributed by atoms with Crippen molar-refractivity contribution in [3.05, 3.63) is 58.9 Å². The highest BCUT2D eigenvalue weighted by Gasteiger charge is 2.43. The smallest absolute Gasteiger partial charge is 0.416 e. The number of esters is 1. The fourth-order valence-corrected chi connectivity index (χ4v) is 7.71. The minimum absolute atomic E-state index is 0.0630. The Bertz CT molecular complexity index is 1540. The van der Waals surface area contributed by atoms with E-state index >= 15 is 0 Å². The van der Waals surface area contributed by atoms with Gasteiger partial charge in [0, 0.05) is 66.8 Å². The fraction of sp³-hybridized carbons (Fsp3) is 0.595. The minimum Gasteiger partial charge on any atom is -0.466 e. The van der Waals surface area contributed by atoms with E-state index in [0.717, 1.165) is 30.5 Å². The second-order valence-electron chi connectivity index (χ2n) is 13.7. The van der Waals surface area contributed by atoms with Crippen LogP contribution in [0.2, 0.25) is 0 Å². The van der Waals surface area contributed by atoms with Crippen LogP contribution in [-0.2, 0) is 33.2 Å². The maximum atomic E-state index is 14.2. The number of amides is 1. The number of piperidine rings is 1. The van der Waals surface area contributed by atoms with E-state index in [-0.39, 0.29) is 66.0 Å². The lowest BCUT2D eigenvalue weighted by Gasteiger charge is -2.49. The second kappa shape index (κ2) is 16.1. The highest BCUT2D eigenvalue weighted by Crippen LogP contribution is 2.40. The number of ether oxygens (including phenoxy) is 1. The summed E-state index contributed by atoms with van der Waals surface area (Å²) in [5, 5.41) is 0. The van der Waals surface area contributed by atoms with Crippen LogP contribution in [0.25, 0.3) is 5.57 Å². The molecule has 278 valence electrons. The van der Waals surface area contributed by atoms with Crippen LogP contribution >= 0.6 is 0 Å². The summed E-state index contributed by atoms with van der Waals surface area (Å²) < 4.78 is 88.1. The van der Waals surface area contributed by atoms with Crippen LogP contribution in [0.3, 0.4) is 0 Å². The zero-order valence-electron chi connectivity index (χ0n) is 29.1. The second-order valence-corrected chi connectivity index (χ2v) is 13.7. The van der Waals surface area contributed by atoms with Gasteiger partial charge in [-0.2, -0.15) is 26.3 Å². The Morgan fingerprint density at radius 1 is 0.882 bits per heavy atom. The van der Waals surface area contributed by atoms with Gasteiger partial charge < -0.3 is 14.5 Å². The summed E-state index contributed by atoms with van der Waals surface area (Å²) in [5.41, 5.74) is -1.43. The molecule has 0 radical (unpaired) electrons. The number of benzene rings is 1. The largest absolute Gasteiger partial charge is 0.466 e. The lowest BCUT2D eigenvalue weighted by atomic mass is 9.78. The minimum atomic E-state index is -4.99. The summed E-state index contributed by atoms with van der Waals surface area (Å²) in [6.45, 7) is 6.27. The van der Waals surface area contributed by atoms with Crippen LogP contribution in [0, 0.1) is 11.8 Å². The molecule has 0 N–H and O–H groups in total. The Morgan fingerprint density at radius 3 is 1.96 bits per heavy atom. The van der Waals surface area contributed by atoms with Gasteiger partial charge in [-0.3, -0.25) is 14.6 Å². The number of allylic oxidation sites excluding steroid dienone is 1. The van der Waals surface area contributed by atoms with E-state index in [2.05, 4.69) is 15.0 Å². The Balaban J connectivity index is 1.43. The van der Waals surface area contributed by atoms with E-state index in [4.69, 9.17) is 4.74 Å². The van der Waals surface area contributed by atoms with Crippen molar-refractivity contribution in [1.82, 2.24) is 14.9 Å². The number of nitrogens with zero attached hydrogens (tertiary/aromatic N) is 5. The maximum absolute atomic E-state index is 14.2. The number of anilines is 1. The molecule has 1 amide bonds. The average molecular weight is 722 g/mol. The monoisotopic (exact) mass is 721 g/mol. The van der Waals surface area contributed by atoms with Crippen molar-refractivity contribution in [2.24, 2.45) is 16.8 Å². The molecule has 5 rings (SSSR count). The summed E-state index contributed by atoms with van der Waals surface area (Å²) in [5.74, 6) is 0.00434. The van der Waals surface area contributed by atoms with Crippen LogP contribution in [0.15, 0.2) is 41.7 Å². The van der Waals surface area contributed by atoms with Gasteiger partial charge >= 0.3 is 18.3 Å². The lowest BCUT2D eigenvalue weighted by Crippen LogP contribution is -2.58. The third-order valence-electron chi connectivity index (χ3n) is 10.3. The predicted molar refractivity (Wildman–Crippen MR) is 181 cm³/mol. The van der Waals surface area contributed by atoms with Gasteiger partial charge in [0.1, 0.15) is 0 Å². The SMILES string of the molecule is CCOC(=O)CC1CCC(C(=O)N2[C@H](CC)CC(N(Cc3cc(C(F)(F)F)cc(C(F)(F)F)c3)c3ncc(C4=CCN=C4)cn3)C[C@@H]2CC)CC1. The molecular formula is C37H45F6N5O3. The number of hydrogen-bond acceptors (Lipinski definition) is 7. The molecule has 2 aliphatic heterocycles. The first-order chi connectivity index (χ1) is 24.2. The molecule has 3 aliphatic rings. The van der Waals surface area contributed by atoms with Gasteiger partial charge in [-0.25, -0.2) is 9.97 Å². The Morgan fingerprint density at radius 2 is 1.47 bits per heavy atom. The number of halogens is 6. The number of aromatic nitrogens is 2. The molecular weight excluding hydrogens is 676 g/mol. The third-order valence-corrected chi connectivity index (χ3v) is 10.3. The van der Waals surface area contributed by atoms with Crippen LogP contribution < -0.4 is 4.90 Å². The van der Waals surface area contributed by atoms with Crippen LogP contribution in [0.5, 0.6) is 0 Å². The molecule has 3 heterocycles. The first-order valence-corrected chi connectivity index (χ1v) is 17.8. The van der Waals surface area contributed by atoms with Gasteiger partial charge in [0.25, 0.3) is 0 Å². The summed E-state index contributed by atoms with van der Waals surface area (Å²) in [6, 6.07) is 0.820. The van der Waals surface area contributed by atoms with Gasteiger partial charge in [-0.05, 0) is 88.0 Å². The first kappa shape index (κ1) is 38.3. The molecule has 1 aromatic heterocycles. The van der Waals surface area contributed by atoms with Crippen molar-refractivity contribution in [3.8, 4) is 0 Å². The van der Waals surface area contributed by atoms with E-state index in [0.29, 0.717) is 63.7 Å². The molecule has 3 atom stereocenters. The molecule has 8 nitrogen and oxygen atoms in total. The van der Waals surface area contributed by atoms with Crippen molar-refractivity contribution in [1.29, 1.82) is 0 Å². The molecule has 2 fully saturated rings. The van der Waals surface area contributed by atoms with Gasteiger partial charge in [-0.1, -0.05) is 19.9 Å².